The van der Waals surface area contributed by atoms with Crippen molar-refractivity contribution in [1.29, 1.82) is 0 Å². The molecule has 2 rings (SSSR count). The van der Waals surface area contributed by atoms with Crippen LogP contribution in [-0.4, -0.2) is 41.7 Å². The van der Waals surface area contributed by atoms with Crippen molar-refractivity contribution in [3.8, 4) is 0 Å². The van der Waals surface area contributed by atoms with Gasteiger partial charge in [-0.05, 0) is 18.2 Å². The fourth-order valence-electron chi connectivity index (χ4n) is 1.88. The van der Waals surface area contributed by atoms with Crippen LogP contribution < -0.4 is 5.32 Å². The van der Waals surface area contributed by atoms with Gasteiger partial charge in [0.05, 0.1) is 12.1 Å². The Kier molecular flexibility index (Phi) is 4.27. The number of carbonyl (C=O) groups is 2. The fourth-order valence-corrected chi connectivity index (χ4v) is 1.88. The molecule has 104 valence electrons. The third kappa shape index (κ3) is 2.92. The van der Waals surface area contributed by atoms with Crippen molar-refractivity contribution in [3.63, 3.8) is 0 Å². The van der Waals surface area contributed by atoms with Crippen LogP contribution in [0.15, 0.2) is 36.5 Å². The highest BCUT2D eigenvalue weighted by Crippen LogP contribution is 2.16. The lowest BCUT2D eigenvalue weighted by Crippen LogP contribution is -2.43. The van der Waals surface area contributed by atoms with Gasteiger partial charge in [-0.25, -0.2) is 4.79 Å². The average Bonchev–Trinajstić information content (AvgIpc) is 2.46. The van der Waals surface area contributed by atoms with Gasteiger partial charge in [-0.1, -0.05) is 12.1 Å². The maximum atomic E-state index is 12.2. The van der Waals surface area contributed by atoms with Crippen molar-refractivity contribution in [2.75, 3.05) is 13.7 Å². The Morgan fingerprint density at radius 3 is 2.85 bits per heavy atom. The first-order chi connectivity index (χ1) is 9.63. The topological polar surface area (TPSA) is 88.5 Å². The monoisotopic (exact) mass is 274 g/mol. The van der Waals surface area contributed by atoms with Gasteiger partial charge in [0.25, 0.3) is 5.91 Å². The highest BCUT2D eigenvalue weighted by molar-refractivity contribution is 6.07. The molecular weight excluding hydrogens is 260 g/mol. The average molecular weight is 274 g/mol. The van der Waals surface area contributed by atoms with E-state index in [1.807, 2.05) is 0 Å². The predicted octanol–water partition coefficient (Wildman–Crippen LogP) is 1.06. The molecule has 0 fully saturated rings. The molecule has 0 aliphatic rings. The number of amides is 1. The minimum atomic E-state index is -1.14. The minimum Gasteiger partial charge on any atom is -0.480 e. The van der Waals surface area contributed by atoms with Gasteiger partial charge in [0.2, 0.25) is 0 Å². The Bertz CT molecular complexity index is 637. The predicted molar refractivity (Wildman–Crippen MR) is 72.5 cm³/mol. The summed E-state index contributed by atoms with van der Waals surface area (Å²) in [4.78, 5) is 27.4. The molecule has 1 heterocycles. The number of rotatable bonds is 5. The smallest absolute Gasteiger partial charge is 0.328 e. The standard InChI is InChI=1S/C14H14N2O4/c1-20-8-12(14(18)19)16-13(17)10-4-2-6-11-9(10)5-3-7-15-11/h2-7,12H,8H2,1H3,(H,16,17)(H,18,19). The summed E-state index contributed by atoms with van der Waals surface area (Å²) in [6, 6.07) is 7.53. The molecule has 1 amide bonds. The second-order valence-corrected chi connectivity index (χ2v) is 4.20. The van der Waals surface area contributed by atoms with Crippen molar-refractivity contribution >= 4 is 22.8 Å². The second-order valence-electron chi connectivity index (χ2n) is 4.20. The third-order valence-electron chi connectivity index (χ3n) is 2.83. The van der Waals surface area contributed by atoms with Gasteiger partial charge in [-0.3, -0.25) is 9.78 Å². The molecule has 1 unspecified atom stereocenters. The largest absolute Gasteiger partial charge is 0.480 e. The number of methoxy groups -OCH3 is 1. The number of carbonyl (C=O) groups excluding carboxylic acids is 1. The molecule has 0 aliphatic carbocycles. The summed E-state index contributed by atoms with van der Waals surface area (Å²) < 4.78 is 4.78. The Morgan fingerprint density at radius 1 is 1.35 bits per heavy atom. The summed E-state index contributed by atoms with van der Waals surface area (Å²) in [5.41, 5.74) is 1.07. The summed E-state index contributed by atoms with van der Waals surface area (Å²) in [7, 11) is 1.38. The molecule has 20 heavy (non-hydrogen) atoms. The van der Waals surface area contributed by atoms with Gasteiger partial charge in [0.1, 0.15) is 0 Å². The number of aliphatic carboxylic acids is 1. The van der Waals surface area contributed by atoms with Crippen molar-refractivity contribution in [1.82, 2.24) is 10.3 Å². The van der Waals surface area contributed by atoms with Gasteiger partial charge < -0.3 is 15.2 Å². The van der Waals surface area contributed by atoms with Crippen molar-refractivity contribution < 1.29 is 19.4 Å². The van der Waals surface area contributed by atoms with Crippen LogP contribution in [0.25, 0.3) is 10.9 Å². The van der Waals surface area contributed by atoms with E-state index in [9.17, 15) is 9.59 Å². The Hall–Kier alpha value is -2.47. The molecule has 0 bridgehead atoms. The van der Waals surface area contributed by atoms with Gasteiger partial charge >= 0.3 is 5.97 Å². The van der Waals surface area contributed by atoms with Crippen LogP contribution in [0.4, 0.5) is 0 Å². The number of fused-ring (bicyclic) bond motifs is 1. The van der Waals surface area contributed by atoms with E-state index >= 15 is 0 Å². The molecule has 0 radical (unpaired) electrons. The number of nitrogens with zero attached hydrogens (tertiary/aromatic N) is 1. The van der Waals surface area contributed by atoms with Gasteiger partial charge in [-0.15, -0.1) is 0 Å². The quantitative estimate of drug-likeness (QED) is 0.851. The number of pyridine rings is 1. The van der Waals surface area contributed by atoms with E-state index in [2.05, 4.69) is 10.3 Å². The molecule has 1 aromatic carbocycles. The SMILES string of the molecule is COCC(NC(=O)c1cccc2ncccc12)C(=O)O. The number of ether oxygens (including phenoxy) is 1. The summed E-state index contributed by atoms with van der Waals surface area (Å²) in [5.74, 6) is -1.60. The zero-order valence-electron chi connectivity index (χ0n) is 10.9. The molecular formula is C14H14N2O4. The Balaban J connectivity index is 2.29. The molecule has 6 heteroatoms. The van der Waals surface area contributed by atoms with Crippen LogP contribution >= 0.6 is 0 Å². The van der Waals surface area contributed by atoms with E-state index in [4.69, 9.17) is 9.84 Å². The molecule has 1 aromatic heterocycles. The lowest BCUT2D eigenvalue weighted by Gasteiger charge is -2.14. The highest BCUT2D eigenvalue weighted by Gasteiger charge is 2.21. The molecule has 2 N–H and O–H groups in total. The summed E-state index contributed by atoms with van der Waals surface area (Å²) in [6.07, 6.45) is 1.63. The summed E-state index contributed by atoms with van der Waals surface area (Å²) >= 11 is 0. The van der Waals surface area contributed by atoms with Crippen molar-refractivity contribution in [2.45, 2.75) is 6.04 Å². The number of aromatic nitrogens is 1. The van der Waals surface area contributed by atoms with Crippen molar-refractivity contribution in [3.05, 3.63) is 42.1 Å². The molecule has 1 atom stereocenters. The van der Waals surface area contributed by atoms with Gasteiger partial charge in [0.15, 0.2) is 6.04 Å². The molecule has 0 saturated carbocycles. The highest BCUT2D eigenvalue weighted by atomic mass is 16.5. The van der Waals surface area contributed by atoms with Gasteiger partial charge in [0, 0.05) is 24.3 Å². The van der Waals surface area contributed by atoms with Crippen LogP contribution in [0.1, 0.15) is 10.4 Å². The van der Waals surface area contributed by atoms with E-state index in [1.54, 1.807) is 36.5 Å². The van der Waals surface area contributed by atoms with Crippen LogP contribution in [0.5, 0.6) is 0 Å². The molecule has 0 spiro atoms. The second kappa shape index (κ2) is 6.12. The van der Waals surface area contributed by atoms with Crippen molar-refractivity contribution in [2.24, 2.45) is 0 Å². The first-order valence-corrected chi connectivity index (χ1v) is 6.00. The first-order valence-electron chi connectivity index (χ1n) is 6.00. The van der Waals surface area contributed by atoms with E-state index in [0.717, 1.165) is 0 Å². The number of carboxylic acid groups (broad SMARTS) is 1. The minimum absolute atomic E-state index is 0.0932. The zero-order valence-corrected chi connectivity index (χ0v) is 10.9. The van der Waals surface area contributed by atoms with E-state index in [1.165, 1.54) is 7.11 Å². The van der Waals surface area contributed by atoms with Gasteiger partial charge in [-0.2, -0.15) is 0 Å². The lowest BCUT2D eigenvalue weighted by atomic mass is 10.1. The zero-order chi connectivity index (χ0) is 14.5. The third-order valence-corrected chi connectivity index (χ3v) is 2.83. The fraction of sp³-hybridized carbons (Fsp3) is 0.214. The van der Waals surface area contributed by atoms with E-state index in [0.29, 0.717) is 16.5 Å². The lowest BCUT2D eigenvalue weighted by molar-refractivity contribution is -0.140. The van der Waals surface area contributed by atoms with E-state index in [-0.39, 0.29) is 6.61 Å². The molecule has 0 saturated heterocycles. The molecule has 2 aromatic rings. The summed E-state index contributed by atoms with van der Waals surface area (Å²) in [6.45, 7) is -0.0932. The van der Waals surface area contributed by atoms with Crippen LogP contribution in [0.3, 0.4) is 0 Å². The number of hydrogen-bond donors (Lipinski definition) is 2. The normalized spacial score (nSPS) is 12.1. The number of carboxylic acids is 1. The first kappa shape index (κ1) is 14.0. The number of hydrogen-bond acceptors (Lipinski definition) is 4. The van der Waals surface area contributed by atoms with E-state index < -0.39 is 17.9 Å². The summed E-state index contributed by atoms with van der Waals surface area (Å²) in [5, 5.41) is 12.1. The Labute approximate surface area is 115 Å². The maximum Gasteiger partial charge on any atom is 0.328 e. The molecule has 0 aliphatic heterocycles. The van der Waals surface area contributed by atoms with Crippen LogP contribution in [-0.2, 0) is 9.53 Å². The number of benzene rings is 1. The number of nitrogens with one attached hydrogen (secondary N) is 1. The molecule has 6 nitrogen and oxygen atoms in total. The van der Waals surface area contributed by atoms with Crippen LogP contribution in [0, 0.1) is 0 Å². The Morgan fingerprint density at radius 2 is 2.15 bits per heavy atom. The van der Waals surface area contributed by atoms with Crippen LogP contribution in [0.2, 0.25) is 0 Å². The maximum absolute atomic E-state index is 12.2.